The Kier molecular flexibility index (Phi) is 2.45. The van der Waals surface area contributed by atoms with Crippen molar-refractivity contribution in [3.63, 3.8) is 0 Å². The van der Waals surface area contributed by atoms with Crippen molar-refractivity contribution in [1.29, 1.82) is 0 Å². The van der Waals surface area contributed by atoms with Gasteiger partial charge >= 0.3 is 0 Å². The van der Waals surface area contributed by atoms with Gasteiger partial charge in [-0.15, -0.1) is 0 Å². The fraction of sp³-hybridized carbons (Fsp3) is 0.333. The number of rotatable bonds is 1. The molecule has 5 heteroatoms. The van der Waals surface area contributed by atoms with Gasteiger partial charge in [-0.05, 0) is 53.8 Å². The number of anilines is 1. The van der Waals surface area contributed by atoms with Crippen molar-refractivity contribution in [1.82, 2.24) is 0 Å². The van der Waals surface area contributed by atoms with Crippen LogP contribution in [0.5, 0.6) is 0 Å². The van der Waals surface area contributed by atoms with E-state index in [9.17, 15) is 9.59 Å². The minimum Gasteiger partial charge on any atom is -0.362 e. The minimum atomic E-state index is -0.625. The van der Waals surface area contributed by atoms with Gasteiger partial charge in [0.25, 0.3) is 0 Å². The summed E-state index contributed by atoms with van der Waals surface area (Å²) in [7, 11) is 0. The third kappa shape index (κ3) is 1.45. The van der Waals surface area contributed by atoms with Gasteiger partial charge in [0.15, 0.2) is 0 Å². The monoisotopic (exact) mass is 381 g/mol. The molecule has 102 valence electrons. The van der Waals surface area contributed by atoms with E-state index in [2.05, 4.69) is 22.6 Å². The van der Waals surface area contributed by atoms with Crippen LogP contribution in [-0.4, -0.2) is 23.5 Å². The maximum Gasteiger partial charge on any atom is 0.241 e. The first-order chi connectivity index (χ1) is 9.51. The van der Waals surface area contributed by atoms with Crippen molar-refractivity contribution in [3.05, 3.63) is 40.0 Å². The summed E-state index contributed by atoms with van der Waals surface area (Å²) in [5.41, 5.74) is 0.0258. The van der Waals surface area contributed by atoms with Gasteiger partial charge in [0.1, 0.15) is 0 Å². The van der Waals surface area contributed by atoms with Crippen LogP contribution in [0.3, 0.4) is 0 Å². The van der Waals surface area contributed by atoms with E-state index in [4.69, 9.17) is 4.74 Å². The van der Waals surface area contributed by atoms with Crippen molar-refractivity contribution in [3.8, 4) is 0 Å². The number of imide groups is 1. The zero-order chi connectivity index (χ0) is 14.1. The highest BCUT2D eigenvalue weighted by atomic mass is 127. The van der Waals surface area contributed by atoms with Crippen LogP contribution in [0.15, 0.2) is 36.4 Å². The molecule has 4 nitrogen and oxygen atoms in total. The van der Waals surface area contributed by atoms with E-state index in [0.717, 1.165) is 3.57 Å². The quantitative estimate of drug-likeness (QED) is 0.426. The van der Waals surface area contributed by atoms with Crippen LogP contribution in [0.1, 0.15) is 6.92 Å². The first kappa shape index (κ1) is 12.5. The molecule has 0 aromatic heterocycles. The highest BCUT2D eigenvalue weighted by molar-refractivity contribution is 14.1. The van der Waals surface area contributed by atoms with Crippen LogP contribution in [0.4, 0.5) is 5.69 Å². The zero-order valence-electron chi connectivity index (χ0n) is 10.7. The topological polar surface area (TPSA) is 46.6 Å². The van der Waals surface area contributed by atoms with E-state index in [1.54, 1.807) is 0 Å². The Morgan fingerprint density at radius 2 is 1.90 bits per heavy atom. The standard InChI is InChI=1S/C15H12INO3/c1-15-7-6-10(20-15)11-12(15)14(19)17(13(11)18)9-4-2-8(16)3-5-9/h2-7,10-12H,1H3/t10-,11-,12+,15+/m1/s1. The Balaban J connectivity index is 1.77. The molecule has 0 aliphatic carbocycles. The Morgan fingerprint density at radius 3 is 2.55 bits per heavy atom. The molecule has 0 unspecified atom stereocenters. The Bertz CT molecular complexity index is 654. The largest absolute Gasteiger partial charge is 0.362 e. The van der Waals surface area contributed by atoms with Crippen LogP contribution >= 0.6 is 22.6 Å². The molecular formula is C15H12INO3. The minimum absolute atomic E-state index is 0.140. The van der Waals surface area contributed by atoms with Crippen molar-refractivity contribution >= 4 is 40.1 Å². The second-order valence-corrected chi connectivity index (χ2v) is 6.86. The van der Waals surface area contributed by atoms with E-state index < -0.39 is 5.60 Å². The summed E-state index contributed by atoms with van der Waals surface area (Å²) in [6.07, 6.45) is 3.57. The number of benzene rings is 1. The molecule has 3 heterocycles. The SMILES string of the molecule is C[C@@]12C=C[C@@H](O1)[C@H]1C(=O)N(c3ccc(I)cc3)C(=O)[C@H]12. The smallest absolute Gasteiger partial charge is 0.241 e. The fourth-order valence-corrected chi connectivity index (χ4v) is 3.86. The third-order valence-electron chi connectivity index (χ3n) is 4.41. The molecule has 2 amide bonds. The molecule has 0 saturated carbocycles. The van der Waals surface area contributed by atoms with Crippen LogP contribution in [0.2, 0.25) is 0 Å². The van der Waals surface area contributed by atoms with Crippen LogP contribution in [-0.2, 0) is 14.3 Å². The lowest BCUT2D eigenvalue weighted by atomic mass is 9.78. The number of carbonyl (C=O) groups excluding carboxylic acids is 2. The fourth-order valence-electron chi connectivity index (χ4n) is 3.50. The second-order valence-electron chi connectivity index (χ2n) is 5.62. The molecule has 4 rings (SSSR count). The second kappa shape index (κ2) is 3.92. The van der Waals surface area contributed by atoms with Gasteiger partial charge in [-0.25, -0.2) is 4.90 Å². The van der Waals surface area contributed by atoms with Crippen molar-refractivity contribution in [2.75, 3.05) is 4.90 Å². The third-order valence-corrected chi connectivity index (χ3v) is 5.13. The molecule has 2 saturated heterocycles. The van der Waals surface area contributed by atoms with Crippen molar-refractivity contribution in [2.45, 2.75) is 18.6 Å². The number of carbonyl (C=O) groups is 2. The summed E-state index contributed by atoms with van der Waals surface area (Å²) in [5, 5.41) is 0. The molecule has 20 heavy (non-hydrogen) atoms. The maximum absolute atomic E-state index is 12.7. The number of nitrogens with zero attached hydrogens (tertiary/aromatic N) is 1. The zero-order valence-corrected chi connectivity index (χ0v) is 12.9. The first-order valence-corrected chi connectivity index (χ1v) is 7.60. The molecule has 1 aromatic rings. The molecule has 2 bridgehead atoms. The summed E-state index contributed by atoms with van der Waals surface area (Å²) in [6.45, 7) is 1.89. The van der Waals surface area contributed by atoms with Gasteiger partial charge in [-0.1, -0.05) is 12.2 Å². The summed E-state index contributed by atoms with van der Waals surface area (Å²) in [6, 6.07) is 7.43. The van der Waals surface area contributed by atoms with Gasteiger partial charge in [0, 0.05) is 3.57 Å². The summed E-state index contributed by atoms with van der Waals surface area (Å²) in [4.78, 5) is 26.6. The van der Waals surface area contributed by atoms with Crippen LogP contribution < -0.4 is 4.90 Å². The summed E-state index contributed by atoms with van der Waals surface area (Å²) < 4.78 is 6.86. The normalized spacial score (nSPS) is 37.9. The highest BCUT2D eigenvalue weighted by Gasteiger charge is 2.65. The van der Waals surface area contributed by atoms with E-state index in [-0.39, 0.29) is 29.8 Å². The van der Waals surface area contributed by atoms with Gasteiger partial charge in [-0.3, -0.25) is 9.59 Å². The number of hydrogen-bond acceptors (Lipinski definition) is 3. The van der Waals surface area contributed by atoms with E-state index in [1.807, 2.05) is 43.3 Å². The van der Waals surface area contributed by atoms with E-state index in [0.29, 0.717) is 5.69 Å². The molecule has 3 aliphatic rings. The van der Waals surface area contributed by atoms with Gasteiger partial charge in [0.05, 0.1) is 29.2 Å². The first-order valence-electron chi connectivity index (χ1n) is 6.52. The molecule has 0 spiro atoms. The molecule has 0 N–H and O–H groups in total. The predicted molar refractivity (Wildman–Crippen MR) is 81.1 cm³/mol. The molecule has 2 fully saturated rings. The number of halogens is 1. The molecular weight excluding hydrogens is 369 g/mol. The van der Waals surface area contributed by atoms with E-state index >= 15 is 0 Å². The van der Waals surface area contributed by atoms with Crippen LogP contribution in [0, 0.1) is 15.4 Å². The molecule has 0 radical (unpaired) electrons. The average molecular weight is 381 g/mol. The lowest BCUT2D eigenvalue weighted by Gasteiger charge is -2.24. The number of hydrogen-bond donors (Lipinski definition) is 0. The number of fused-ring (bicyclic) bond motifs is 5. The summed E-state index contributed by atoms with van der Waals surface area (Å²) >= 11 is 2.20. The molecule has 4 atom stereocenters. The molecule has 3 aliphatic heterocycles. The Hall–Kier alpha value is -1.21. The maximum atomic E-state index is 12.7. The Labute approximate surface area is 129 Å². The number of ether oxygens (including phenoxy) is 1. The summed E-state index contributed by atoms with van der Waals surface area (Å²) in [5.74, 6) is -1.03. The molecule has 1 aromatic carbocycles. The van der Waals surface area contributed by atoms with Gasteiger partial charge in [-0.2, -0.15) is 0 Å². The lowest BCUT2D eigenvalue weighted by Crippen LogP contribution is -2.38. The predicted octanol–water partition coefficient (Wildman–Crippen LogP) is 2.12. The highest BCUT2D eigenvalue weighted by Crippen LogP contribution is 2.52. The average Bonchev–Trinajstić information content (AvgIpc) is 3.01. The van der Waals surface area contributed by atoms with Crippen molar-refractivity contribution in [2.24, 2.45) is 11.8 Å². The number of amides is 2. The van der Waals surface area contributed by atoms with Gasteiger partial charge < -0.3 is 4.74 Å². The van der Waals surface area contributed by atoms with Gasteiger partial charge in [0.2, 0.25) is 11.8 Å². The Morgan fingerprint density at radius 1 is 1.20 bits per heavy atom. The lowest BCUT2D eigenvalue weighted by molar-refractivity contribution is -0.126. The van der Waals surface area contributed by atoms with E-state index in [1.165, 1.54) is 4.90 Å². The van der Waals surface area contributed by atoms with Crippen LogP contribution in [0.25, 0.3) is 0 Å². The van der Waals surface area contributed by atoms with Crippen molar-refractivity contribution < 1.29 is 14.3 Å².